The Morgan fingerprint density at radius 3 is 2.00 bits per heavy atom. The fourth-order valence-electron chi connectivity index (χ4n) is 0. The van der Waals surface area contributed by atoms with Crippen LogP contribution in [-0.4, -0.2) is 23.2 Å². The third kappa shape index (κ3) is 8.85. The molecular formula is C4H11AlCl. The molecule has 0 heterocycles. The van der Waals surface area contributed by atoms with Gasteiger partial charge in [-0.1, -0.05) is 6.92 Å². The topological polar surface area (TPSA) is 0 Å². The summed E-state index contributed by atoms with van der Waals surface area (Å²) in [5.41, 5.74) is 0. The largest absolute Gasteiger partial charge is 0.187 e. The molecule has 1 atom stereocenters. The van der Waals surface area contributed by atoms with Crippen LogP contribution in [0, 0.1) is 12.8 Å². The minimum atomic E-state index is 0. The minimum absolute atomic E-state index is 0. The van der Waals surface area contributed by atoms with E-state index in [1.807, 2.05) is 6.92 Å². The molecule has 0 aliphatic heterocycles. The Bertz CT molecular complexity index is 21.5. The zero-order valence-electron chi connectivity index (χ0n) is 3.37. The molecule has 0 rings (SSSR count). The molecule has 0 aromatic heterocycles. The van der Waals surface area contributed by atoms with Gasteiger partial charge in [0.15, 0.2) is 17.4 Å². The highest BCUT2D eigenvalue weighted by Crippen LogP contribution is 1.90. The van der Waals surface area contributed by atoms with Gasteiger partial charge < -0.3 is 0 Å². The average Bonchev–Trinajstić information content (AvgIpc) is 1.38. The molecule has 0 amide bonds. The van der Waals surface area contributed by atoms with E-state index in [2.05, 4.69) is 6.92 Å². The van der Waals surface area contributed by atoms with Crippen LogP contribution >= 0.6 is 11.6 Å². The normalized spacial score (nSPS) is 8.00. The summed E-state index contributed by atoms with van der Waals surface area (Å²) < 4.78 is 0. The summed E-state index contributed by atoms with van der Waals surface area (Å²) in [6, 6.07) is 0. The molecule has 0 aromatic rings. The van der Waals surface area contributed by atoms with Crippen LogP contribution in [0.25, 0.3) is 0 Å². The second-order valence-electron chi connectivity index (χ2n) is 1.26. The van der Waals surface area contributed by atoms with Gasteiger partial charge in [0.1, 0.15) is 0 Å². The van der Waals surface area contributed by atoms with Crippen molar-refractivity contribution in [2.45, 2.75) is 6.92 Å². The van der Waals surface area contributed by atoms with Gasteiger partial charge in [0.05, 0.1) is 0 Å². The van der Waals surface area contributed by atoms with E-state index >= 15 is 0 Å². The summed E-state index contributed by atoms with van der Waals surface area (Å²) in [6.07, 6.45) is 0. The summed E-state index contributed by atoms with van der Waals surface area (Å²) >= 11 is 5.27. The van der Waals surface area contributed by atoms with Gasteiger partial charge in [0.2, 0.25) is 0 Å². The van der Waals surface area contributed by atoms with Crippen LogP contribution in [0.5, 0.6) is 0 Å². The lowest BCUT2D eigenvalue weighted by molar-refractivity contribution is 0.837. The van der Waals surface area contributed by atoms with Crippen LogP contribution in [-0.2, 0) is 0 Å². The van der Waals surface area contributed by atoms with Gasteiger partial charge in [-0.25, -0.2) is 0 Å². The maximum atomic E-state index is 5.27. The lowest BCUT2D eigenvalue weighted by atomic mass is 10.3. The van der Waals surface area contributed by atoms with E-state index in [9.17, 15) is 0 Å². The molecule has 0 nitrogen and oxygen atoms in total. The first-order valence-corrected chi connectivity index (χ1v) is 2.20. The summed E-state index contributed by atoms with van der Waals surface area (Å²) in [5, 5.41) is 0. The summed E-state index contributed by atoms with van der Waals surface area (Å²) in [7, 11) is 0. The van der Waals surface area contributed by atoms with Crippen LogP contribution in [0.3, 0.4) is 0 Å². The van der Waals surface area contributed by atoms with Gasteiger partial charge in [-0.05, 0) is 12.8 Å². The summed E-state index contributed by atoms with van der Waals surface area (Å²) in [6.45, 7) is 5.60. The highest BCUT2D eigenvalue weighted by atomic mass is 35.5. The quantitative estimate of drug-likeness (QED) is 0.350. The van der Waals surface area contributed by atoms with Gasteiger partial charge in [0.25, 0.3) is 0 Å². The Kier molecular flexibility index (Phi) is 9.65. The second-order valence-corrected chi connectivity index (χ2v) is 1.57. The maximum absolute atomic E-state index is 5.27. The molecule has 0 spiro atoms. The van der Waals surface area contributed by atoms with Crippen LogP contribution in [0.15, 0.2) is 0 Å². The zero-order chi connectivity index (χ0) is 4.28. The van der Waals surface area contributed by atoms with Gasteiger partial charge >= 0.3 is 0 Å². The highest BCUT2D eigenvalue weighted by molar-refractivity contribution is 6.18. The first kappa shape index (κ1) is 9.95. The van der Waals surface area contributed by atoms with E-state index in [-0.39, 0.29) is 17.4 Å². The van der Waals surface area contributed by atoms with E-state index in [4.69, 9.17) is 11.6 Å². The smallest absolute Gasteiger partial charge is 0.126 e. The van der Waals surface area contributed by atoms with Gasteiger partial charge in [-0.15, -0.1) is 11.6 Å². The van der Waals surface area contributed by atoms with Gasteiger partial charge in [-0.3, -0.25) is 0 Å². The Hall–Kier alpha value is 0.822. The zero-order valence-corrected chi connectivity index (χ0v) is 4.13. The van der Waals surface area contributed by atoms with Crippen molar-refractivity contribution in [1.82, 2.24) is 0 Å². The molecule has 0 fully saturated rings. The van der Waals surface area contributed by atoms with Crippen LogP contribution in [0.4, 0.5) is 0 Å². The summed E-state index contributed by atoms with van der Waals surface area (Å²) in [5.74, 6) is 1.07. The Balaban J connectivity index is 0. The molecule has 0 saturated carbocycles. The fourth-order valence-corrected chi connectivity index (χ4v) is 0. The molecule has 2 heteroatoms. The van der Waals surface area contributed by atoms with E-state index < -0.39 is 0 Å². The van der Waals surface area contributed by atoms with E-state index in [0.717, 1.165) is 0 Å². The van der Waals surface area contributed by atoms with Crippen molar-refractivity contribution < 1.29 is 0 Å². The van der Waals surface area contributed by atoms with Crippen molar-refractivity contribution in [3.05, 3.63) is 6.92 Å². The second kappa shape index (κ2) is 5.82. The molecule has 1 unspecified atom stereocenters. The Morgan fingerprint density at radius 2 is 2.00 bits per heavy atom. The van der Waals surface area contributed by atoms with Crippen molar-refractivity contribution in [3.63, 3.8) is 0 Å². The first-order chi connectivity index (χ1) is 2.27. The van der Waals surface area contributed by atoms with Crippen molar-refractivity contribution >= 4 is 29.0 Å². The van der Waals surface area contributed by atoms with Gasteiger partial charge in [-0.2, -0.15) is 0 Å². The number of alkyl halides is 1. The number of rotatable bonds is 1. The Labute approximate surface area is 55.0 Å². The lowest BCUT2D eigenvalue weighted by Gasteiger charge is -1.88. The van der Waals surface area contributed by atoms with E-state index in [0.29, 0.717) is 11.8 Å². The van der Waals surface area contributed by atoms with Crippen molar-refractivity contribution in [1.29, 1.82) is 0 Å². The number of hydrogen-bond donors (Lipinski definition) is 0. The predicted molar refractivity (Wildman–Crippen MR) is 35.2 cm³/mol. The minimum Gasteiger partial charge on any atom is -0.126 e. The molecule has 0 aromatic carbocycles. The van der Waals surface area contributed by atoms with Gasteiger partial charge in [0, 0.05) is 5.88 Å². The highest BCUT2D eigenvalue weighted by Gasteiger charge is 1.82. The molecular weight excluding hydrogens is 110 g/mol. The molecule has 1 radical (unpaired) electrons. The Morgan fingerprint density at radius 1 is 1.83 bits per heavy atom. The lowest BCUT2D eigenvalue weighted by Crippen LogP contribution is -1.83. The van der Waals surface area contributed by atoms with Crippen molar-refractivity contribution in [3.8, 4) is 0 Å². The monoisotopic (exact) mass is 121 g/mol. The SMILES string of the molecule is [AlH3].[CH2]C(C)CCl. The molecule has 0 N–H and O–H groups in total. The van der Waals surface area contributed by atoms with Crippen LogP contribution in [0.2, 0.25) is 0 Å². The molecule has 0 saturated heterocycles. The maximum Gasteiger partial charge on any atom is 0.187 e. The number of hydrogen-bond acceptors (Lipinski definition) is 0. The third-order valence-electron chi connectivity index (χ3n) is 0.263. The predicted octanol–water partition coefficient (Wildman–Crippen LogP) is 0.511. The summed E-state index contributed by atoms with van der Waals surface area (Å²) in [4.78, 5) is 0. The molecule has 0 bridgehead atoms. The standard InChI is InChI=1S/C4H8Cl.Al.3H/c1-4(2)3-5;;;;/h4H,1,3H2,2H3;;;;. The van der Waals surface area contributed by atoms with Crippen molar-refractivity contribution in [2.24, 2.45) is 5.92 Å². The molecule has 6 heavy (non-hydrogen) atoms. The number of halogens is 1. The molecule has 0 aliphatic carbocycles. The fraction of sp³-hybridized carbons (Fsp3) is 0.750. The van der Waals surface area contributed by atoms with E-state index in [1.165, 1.54) is 0 Å². The van der Waals surface area contributed by atoms with Crippen LogP contribution in [0.1, 0.15) is 6.92 Å². The van der Waals surface area contributed by atoms with Crippen LogP contribution < -0.4 is 0 Å². The van der Waals surface area contributed by atoms with Crippen molar-refractivity contribution in [2.75, 3.05) is 5.88 Å². The third-order valence-corrected chi connectivity index (χ3v) is 0.790. The van der Waals surface area contributed by atoms with E-state index in [1.54, 1.807) is 0 Å². The molecule has 37 valence electrons. The molecule has 0 aliphatic rings. The average molecular weight is 122 g/mol. The first-order valence-electron chi connectivity index (χ1n) is 1.66.